The van der Waals surface area contributed by atoms with Gasteiger partial charge in [-0.2, -0.15) is 10.2 Å². The molecule has 1 unspecified atom stereocenters. The van der Waals surface area contributed by atoms with Gasteiger partial charge in [-0.15, -0.1) is 0 Å². The summed E-state index contributed by atoms with van der Waals surface area (Å²) in [7, 11) is 1.94. The van der Waals surface area contributed by atoms with E-state index in [2.05, 4.69) is 21.3 Å². The molecule has 26 heavy (non-hydrogen) atoms. The van der Waals surface area contributed by atoms with Crippen molar-refractivity contribution in [3.8, 4) is 0 Å². The van der Waals surface area contributed by atoms with Gasteiger partial charge in [-0.1, -0.05) is 11.6 Å². The average Bonchev–Trinajstić information content (AvgIpc) is 3.07. The third-order valence-corrected chi connectivity index (χ3v) is 5.70. The number of aryl methyl sites for hydroxylation is 3. The fraction of sp³-hybridized carbons (Fsp3) is 0.611. The topological polar surface area (TPSA) is 59.2 Å². The van der Waals surface area contributed by atoms with Gasteiger partial charge in [0.2, 0.25) is 5.91 Å². The van der Waals surface area contributed by atoms with Crippen LogP contribution in [-0.4, -0.2) is 61.4 Å². The van der Waals surface area contributed by atoms with E-state index < -0.39 is 0 Å². The van der Waals surface area contributed by atoms with Gasteiger partial charge in [0.05, 0.1) is 22.1 Å². The summed E-state index contributed by atoms with van der Waals surface area (Å²) in [6.07, 6.45) is 2.07. The van der Waals surface area contributed by atoms with E-state index in [0.29, 0.717) is 5.02 Å². The molecule has 0 aliphatic carbocycles. The number of piperazine rings is 1. The molecular formula is C18H27ClN6O. The van der Waals surface area contributed by atoms with Crippen molar-refractivity contribution in [1.82, 2.24) is 29.4 Å². The highest BCUT2D eigenvalue weighted by Gasteiger charge is 2.28. The molecule has 1 fully saturated rings. The first-order chi connectivity index (χ1) is 12.3. The molecule has 1 amide bonds. The summed E-state index contributed by atoms with van der Waals surface area (Å²) in [6.45, 7) is 11.8. The van der Waals surface area contributed by atoms with Gasteiger partial charge in [-0.05, 0) is 27.7 Å². The fourth-order valence-electron chi connectivity index (χ4n) is 3.56. The van der Waals surface area contributed by atoms with Crippen LogP contribution in [0.1, 0.15) is 35.6 Å². The molecule has 3 rings (SSSR count). The molecule has 0 N–H and O–H groups in total. The monoisotopic (exact) mass is 378 g/mol. The van der Waals surface area contributed by atoms with Crippen molar-refractivity contribution >= 4 is 17.5 Å². The summed E-state index contributed by atoms with van der Waals surface area (Å²) in [6, 6.07) is -0.340. The van der Waals surface area contributed by atoms with Gasteiger partial charge in [0.15, 0.2) is 0 Å². The van der Waals surface area contributed by atoms with Crippen LogP contribution >= 0.6 is 11.6 Å². The molecule has 2 aromatic heterocycles. The van der Waals surface area contributed by atoms with Crippen LogP contribution in [0.25, 0.3) is 0 Å². The Morgan fingerprint density at radius 3 is 2.31 bits per heavy atom. The van der Waals surface area contributed by atoms with Gasteiger partial charge in [0.25, 0.3) is 0 Å². The Bertz CT molecular complexity index is 803. The van der Waals surface area contributed by atoms with Gasteiger partial charge >= 0.3 is 0 Å². The molecule has 142 valence electrons. The maximum atomic E-state index is 12.9. The van der Waals surface area contributed by atoms with Crippen LogP contribution in [-0.2, 0) is 18.4 Å². The second-order valence-corrected chi connectivity index (χ2v) is 7.50. The largest absolute Gasteiger partial charge is 0.338 e. The van der Waals surface area contributed by atoms with Crippen molar-refractivity contribution < 1.29 is 4.79 Å². The van der Waals surface area contributed by atoms with Gasteiger partial charge in [0.1, 0.15) is 6.04 Å². The van der Waals surface area contributed by atoms with Gasteiger partial charge < -0.3 is 4.90 Å². The van der Waals surface area contributed by atoms with Crippen LogP contribution in [0.2, 0.25) is 5.02 Å². The normalized spacial score (nSPS) is 16.9. The number of rotatable bonds is 4. The van der Waals surface area contributed by atoms with Crippen LogP contribution in [0.5, 0.6) is 0 Å². The first kappa shape index (κ1) is 18.9. The van der Waals surface area contributed by atoms with Crippen molar-refractivity contribution in [3.05, 3.63) is 33.9 Å². The lowest BCUT2D eigenvalue weighted by Gasteiger charge is -2.36. The van der Waals surface area contributed by atoms with Crippen LogP contribution < -0.4 is 0 Å². The minimum Gasteiger partial charge on any atom is -0.338 e. The molecule has 1 saturated heterocycles. The molecule has 0 radical (unpaired) electrons. The molecule has 7 nitrogen and oxygen atoms in total. The lowest BCUT2D eigenvalue weighted by molar-refractivity contribution is -0.136. The first-order valence-electron chi connectivity index (χ1n) is 8.99. The van der Waals surface area contributed by atoms with Crippen molar-refractivity contribution in [2.45, 2.75) is 40.3 Å². The molecular weight excluding hydrogens is 352 g/mol. The summed E-state index contributed by atoms with van der Waals surface area (Å²) in [5.41, 5.74) is 3.93. The lowest BCUT2D eigenvalue weighted by Crippen LogP contribution is -2.50. The van der Waals surface area contributed by atoms with E-state index in [1.807, 2.05) is 44.3 Å². The Kier molecular flexibility index (Phi) is 5.39. The van der Waals surface area contributed by atoms with Crippen molar-refractivity contribution in [1.29, 1.82) is 0 Å². The highest BCUT2D eigenvalue weighted by molar-refractivity contribution is 6.31. The van der Waals surface area contributed by atoms with Gasteiger partial charge in [-0.25, -0.2) is 0 Å². The first-order valence-corrected chi connectivity index (χ1v) is 9.37. The maximum Gasteiger partial charge on any atom is 0.247 e. The molecule has 0 bridgehead atoms. The minimum atomic E-state index is -0.340. The Labute approximate surface area is 159 Å². The number of nitrogens with zero attached hydrogens (tertiary/aromatic N) is 6. The number of carbonyl (C=O) groups excluding carboxylic acids is 1. The summed E-state index contributed by atoms with van der Waals surface area (Å²) >= 11 is 6.22. The molecule has 1 aliphatic rings. The summed E-state index contributed by atoms with van der Waals surface area (Å²) in [5, 5.41) is 9.46. The highest BCUT2D eigenvalue weighted by Crippen LogP contribution is 2.23. The zero-order valence-electron chi connectivity index (χ0n) is 16.2. The third-order valence-electron chi connectivity index (χ3n) is 5.15. The van der Waals surface area contributed by atoms with E-state index in [4.69, 9.17) is 11.6 Å². The summed E-state index contributed by atoms with van der Waals surface area (Å²) in [4.78, 5) is 17.2. The van der Waals surface area contributed by atoms with Crippen molar-refractivity contribution in [2.24, 2.45) is 7.05 Å². The predicted octanol–water partition coefficient (Wildman–Crippen LogP) is 2.10. The predicted molar refractivity (Wildman–Crippen MR) is 101 cm³/mol. The van der Waals surface area contributed by atoms with E-state index in [9.17, 15) is 4.79 Å². The molecule has 1 atom stereocenters. The van der Waals surface area contributed by atoms with E-state index in [1.165, 1.54) is 5.56 Å². The fourth-order valence-corrected chi connectivity index (χ4v) is 3.68. The third kappa shape index (κ3) is 3.64. The SMILES string of the molecule is Cc1nn(C)cc1CN1CCN(C(=O)C(C)n2nc(C)c(Cl)c2C)CC1. The number of hydrogen-bond acceptors (Lipinski definition) is 4. The van der Waals surface area contributed by atoms with E-state index in [-0.39, 0.29) is 11.9 Å². The van der Waals surface area contributed by atoms with Crippen LogP contribution in [0.15, 0.2) is 6.20 Å². The van der Waals surface area contributed by atoms with Crippen molar-refractivity contribution in [2.75, 3.05) is 26.2 Å². The Morgan fingerprint density at radius 1 is 1.15 bits per heavy atom. The van der Waals surface area contributed by atoms with Gasteiger partial charge in [-0.3, -0.25) is 19.1 Å². The van der Waals surface area contributed by atoms with Crippen LogP contribution in [0.3, 0.4) is 0 Å². The standard InChI is InChI=1S/C18H27ClN6O/c1-12-16(10-22(5)20-12)11-23-6-8-24(9-7-23)18(26)15(4)25-14(3)17(19)13(2)21-25/h10,15H,6-9,11H2,1-5H3. The maximum absolute atomic E-state index is 12.9. The number of hydrogen-bond donors (Lipinski definition) is 0. The number of aromatic nitrogens is 4. The number of amides is 1. The molecule has 3 heterocycles. The van der Waals surface area contributed by atoms with E-state index in [0.717, 1.165) is 49.8 Å². The van der Waals surface area contributed by atoms with Crippen molar-refractivity contribution in [3.63, 3.8) is 0 Å². The Hall–Kier alpha value is -1.86. The quantitative estimate of drug-likeness (QED) is 0.817. The van der Waals surface area contributed by atoms with Crippen LogP contribution in [0, 0.1) is 20.8 Å². The second-order valence-electron chi connectivity index (χ2n) is 7.12. The lowest BCUT2D eigenvalue weighted by atomic mass is 10.2. The molecule has 0 aromatic carbocycles. The Morgan fingerprint density at radius 2 is 1.81 bits per heavy atom. The molecule has 0 spiro atoms. The zero-order valence-corrected chi connectivity index (χ0v) is 16.9. The average molecular weight is 379 g/mol. The highest BCUT2D eigenvalue weighted by atomic mass is 35.5. The Balaban J connectivity index is 1.59. The van der Waals surface area contributed by atoms with E-state index >= 15 is 0 Å². The molecule has 8 heteroatoms. The summed E-state index contributed by atoms with van der Waals surface area (Å²) in [5.74, 6) is 0.101. The summed E-state index contributed by atoms with van der Waals surface area (Å²) < 4.78 is 3.59. The molecule has 2 aromatic rings. The minimum absolute atomic E-state index is 0.101. The van der Waals surface area contributed by atoms with Gasteiger partial charge in [0, 0.05) is 51.5 Å². The zero-order chi connectivity index (χ0) is 19.0. The molecule has 1 aliphatic heterocycles. The smallest absolute Gasteiger partial charge is 0.247 e. The van der Waals surface area contributed by atoms with E-state index in [1.54, 1.807) is 4.68 Å². The number of halogens is 1. The second kappa shape index (κ2) is 7.40. The molecule has 0 saturated carbocycles. The van der Waals surface area contributed by atoms with Crippen LogP contribution in [0.4, 0.5) is 0 Å². The number of carbonyl (C=O) groups is 1.